The maximum atomic E-state index is 11.5. The van der Waals surface area contributed by atoms with Crippen LogP contribution >= 0.6 is 0 Å². The van der Waals surface area contributed by atoms with Gasteiger partial charge in [-0.15, -0.1) is 0 Å². The molecule has 0 saturated heterocycles. The minimum absolute atomic E-state index is 0.0176. The van der Waals surface area contributed by atoms with Gasteiger partial charge in [-0.3, -0.25) is 0 Å². The minimum Gasteiger partial charge on any atom is -0.352 e. The largest absolute Gasteiger partial charge is 0.389 e. The van der Waals surface area contributed by atoms with Crippen LogP contribution in [0.5, 0.6) is 0 Å². The Bertz CT molecular complexity index is 146. The number of carbonyl (C=O) groups excluding carboxylic acids is 1. The number of alkyl halides is 3. The van der Waals surface area contributed by atoms with E-state index in [2.05, 4.69) is 11.1 Å². The number of urea groups is 1. The average molecular weight is 184 g/mol. The van der Waals surface area contributed by atoms with Gasteiger partial charge in [0.15, 0.2) is 0 Å². The van der Waals surface area contributed by atoms with Gasteiger partial charge in [-0.1, -0.05) is 0 Å². The Morgan fingerprint density at radius 3 is 2.33 bits per heavy atom. The van der Waals surface area contributed by atoms with Crippen LogP contribution in [-0.2, 0) is 0 Å². The lowest BCUT2D eigenvalue weighted by molar-refractivity contribution is -0.135. The summed E-state index contributed by atoms with van der Waals surface area (Å²) in [6, 6.07) is -0.706. The van der Waals surface area contributed by atoms with E-state index in [4.69, 9.17) is 0 Å². The molecule has 0 saturated carbocycles. The Kier molecular flexibility index (Phi) is 4.46. The highest BCUT2D eigenvalue weighted by Gasteiger charge is 2.25. The number of carbonyl (C=O) groups is 1. The number of nitrogens with two attached hydrogens (primary N) is 1. The van der Waals surface area contributed by atoms with Crippen LogP contribution in [0.1, 0.15) is 19.3 Å². The van der Waals surface area contributed by atoms with Gasteiger partial charge in [0.05, 0.1) is 0 Å². The van der Waals surface area contributed by atoms with Crippen molar-refractivity contribution in [2.75, 3.05) is 6.54 Å². The van der Waals surface area contributed by atoms with Gasteiger partial charge in [-0.2, -0.15) is 13.2 Å². The van der Waals surface area contributed by atoms with E-state index >= 15 is 0 Å². The zero-order valence-corrected chi connectivity index (χ0v) is 6.45. The van der Waals surface area contributed by atoms with Crippen molar-refractivity contribution in [1.82, 2.24) is 5.32 Å². The molecule has 6 heteroatoms. The van der Waals surface area contributed by atoms with Crippen LogP contribution in [0.3, 0.4) is 0 Å². The molecule has 0 aliphatic rings. The van der Waals surface area contributed by atoms with Gasteiger partial charge in [0.2, 0.25) is 0 Å². The molecule has 0 radical (unpaired) electrons. The predicted molar refractivity (Wildman–Crippen MR) is 37.5 cm³/mol. The molecular formula is C6H11F3N2O. The van der Waals surface area contributed by atoms with Gasteiger partial charge in [-0.25, -0.2) is 4.79 Å². The molecule has 0 aliphatic heterocycles. The van der Waals surface area contributed by atoms with Gasteiger partial charge < -0.3 is 11.1 Å². The Morgan fingerprint density at radius 1 is 1.33 bits per heavy atom. The average Bonchev–Trinajstić information content (AvgIpc) is 1.83. The van der Waals surface area contributed by atoms with E-state index in [0.29, 0.717) is 6.42 Å². The van der Waals surface area contributed by atoms with Crippen molar-refractivity contribution in [1.29, 1.82) is 0 Å². The minimum atomic E-state index is -4.10. The number of primary amides is 1. The lowest BCUT2D eigenvalue weighted by Crippen LogP contribution is -2.30. The molecule has 3 nitrogen and oxygen atoms in total. The third-order valence-corrected chi connectivity index (χ3v) is 1.19. The quantitative estimate of drug-likeness (QED) is 0.637. The first-order valence-electron chi connectivity index (χ1n) is 3.52. The van der Waals surface area contributed by atoms with Gasteiger partial charge in [0.25, 0.3) is 0 Å². The fourth-order valence-corrected chi connectivity index (χ4v) is 0.662. The van der Waals surface area contributed by atoms with Crippen LogP contribution in [0.25, 0.3) is 0 Å². The Morgan fingerprint density at radius 2 is 1.92 bits per heavy atom. The molecule has 12 heavy (non-hydrogen) atoms. The van der Waals surface area contributed by atoms with Gasteiger partial charge >= 0.3 is 12.2 Å². The number of hydrogen-bond acceptors (Lipinski definition) is 1. The molecule has 0 aliphatic carbocycles. The maximum Gasteiger partial charge on any atom is 0.389 e. The summed E-state index contributed by atoms with van der Waals surface area (Å²) in [6.07, 6.45) is -4.60. The Labute approximate surface area is 68.1 Å². The van der Waals surface area contributed by atoms with Crippen molar-refractivity contribution in [3.63, 3.8) is 0 Å². The van der Waals surface area contributed by atoms with E-state index in [0.717, 1.165) is 0 Å². The summed E-state index contributed by atoms with van der Waals surface area (Å²) in [5.41, 5.74) is 4.69. The van der Waals surface area contributed by atoms with Crippen molar-refractivity contribution in [3.05, 3.63) is 0 Å². The molecular weight excluding hydrogens is 173 g/mol. The summed E-state index contributed by atoms with van der Waals surface area (Å²) < 4.78 is 34.6. The molecule has 0 spiro atoms. The van der Waals surface area contributed by atoms with Crippen LogP contribution in [-0.4, -0.2) is 18.8 Å². The molecule has 2 amide bonds. The molecule has 0 rings (SSSR count). The molecule has 0 aromatic carbocycles. The standard InChI is InChI=1S/C6H11F3N2O/c7-6(8,9)3-1-2-4-11-5(10)12/h1-4H2,(H3,10,11,12). The first kappa shape index (κ1) is 11.1. The van der Waals surface area contributed by atoms with E-state index in [1.54, 1.807) is 0 Å². The maximum absolute atomic E-state index is 11.5. The van der Waals surface area contributed by atoms with E-state index in [1.165, 1.54) is 0 Å². The summed E-state index contributed by atoms with van der Waals surface area (Å²) in [5.74, 6) is 0. The van der Waals surface area contributed by atoms with Crippen LogP contribution in [0.4, 0.5) is 18.0 Å². The van der Waals surface area contributed by atoms with E-state index in [-0.39, 0.29) is 13.0 Å². The number of unbranched alkanes of at least 4 members (excludes halogenated alkanes) is 1. The van der Waals surface area contributed by atoms with Crippen LogP contribution in [0.2, 0.25) is 0 Å². The number of amides is 2. The highest BCUT2D eigenvalue weighted by atomic mass is 19.4. The van der Waals surface area contributed by atoms with E-state index in [9.17, 15) is 18.0 Å². The van der Waals surface area contributed by atoms with Gasteiger partial charge in [0.1, 0.15) is 0 Å². The van der Waals surface area contributed by atoms with Crippen LogP contribution in [0, 0.1) is 0 Å². The number of nitrogens with one attached hydrogen (secondary N) is 1. The highest BCUT2D eigenvalue weighted by Crippen LogP contribution is 2.21. The fraction of sp³-hybridized carbons (Fsp3) is 0.833. The normalized spacial score (nSPS) is 11.2. The molecule has 0 bridgehead atoms. The molecule has 0 aromatic heterocycles. The Balaban J connectivity index is 3.17. The van der Waals surface area contributed by atoms with Gasteiger partial charge in [0, 0.05) is 13.0 Å². The SMILES string of the molecule is NC(=O)NCCCCC(F)(F)F. The van der Waals surface area contributed by atoms with Crippen LogP contribution in [0.15, 0.2) is 0 Å². The smallest absolute Gasteiger partial charge is 0.352 e. The van der Waals surface area contributed by atoms with Crippen molar-refractivity contribution in [3.8, 4) is 0 Å². The zero-order chi connectivity index (χ0) is 9.61. The zero-order valence-electron chi connectivity index (χ0n) is 6.45. The van der Waals surface area contributed by atoms with E-state index < -0.39 is 18.6 Å². The molecule has 0 fully saturated rings. The third kappa shape index (κ3) is 9.06. The second-order valence-corrected chi connectivity index (χ2v) is 2.36. The lowest BCUT2D eigenvalue weighted by Gasteiger charge is -2.05. The first-order chi connectivity index (χ1) is 5.42. The molecule has 72 valence electrons. The number of hydrogen-bond donors (Lipinski definition) is 2. The van der Waals surface area contributed by atoms with Crippen molar-refractivity contribution < 1.29 is 18.0 Å². The summed E-state index contributed by atoms with van der Waals surface area (Å²) >= 11 is 0. The predicted octanol–water partition coefficient (Wildman–Crippen LogP) is 1.39. The second kappa shape index (κ2) is 4.84. The van der Waals surface area contributed by atoms with Crippen molar-refractivity contribution >= 4 is 6.03 Å². The first-order valence-corrected chi connectivity index (χ1v) is 3.52. The molecule has 0 atom stereocenters. The molecule has 3 N–H and O–H groups in total. The van der Waals surface area contributed by atoms with Crippen molar-refractivity contribution in [2.24, 2.45) is 5.73 Å². The highest BCUT2D eigenvalue weighted by molar-refractivity contribution is 5.71. The number of rotatable bonds is 4. The summed E-state index contributed by atoms with van der Waals surface area (Å²) in [5, 5.41) is 2.20. The summed E-state index contributed by atoms with van der Waals surface area (Å²) in [4.78, 5) is 10.0. The fourth-order valence-electron chi connectivity index (χ4n) is 0.662. The number of halogens is 3. The third-order valence-electron chi connectivity index (χ3n) is 1.19. The second-order valence-electron chi connectivity index (χ2n) is 2.36. The molecule has 0 heterocycles. The Hall–Kier alpha value is -0.940. The monoisotopic (exact) mass is 184 g/mol. The topological polar surface area (TPSA) is 55.1 Å². The van der Waals surface area contributed by atoms with Gasteiger partial charge in [-0.05, 0) is 12.8 Å². The van der Waals surface area contributed by atoms with Crippen molar-refractivity contribution in [2.45, 2.75) is 25.4 Å². The molecule has 0 unspecified atom stereocenters. The summed E-state index contributed by atoms with van der Waals surface area (Å²) in [7, 11) is 0. The summed E-state index contributed by atoms with van der Waals surface area (Å²) in [6.45, 7) is 0.200. The molecule has 0 aromatic rings. The van der Waals surface area contributed by atoms with Crippen LogP contribution < -0.4 is 11.1 Å². The van der Waals surface area contributed by atoms with E-state index in [1.807, 2.05) is 0 Å². The lowest BCUT2D eigenvalue weighted by atomic mass is 10.2.